The summed E-state index contributed by atoms with van der Waals surface area (Å²) >= 11 is 0.695. The molecule has 2 heterocycles. The van der Waals surface area contributed by atoms with Gasteiger partial charge in [0, 0.05) is 0 Å². The lowest BCUT2D eigenvalue weighted by atomic mass is 10.1. The van der Waals surface area contributed by atoms with Gasteiger partial charge in [0.25, 0.3) is 0 Å². The third-order valence-electron chi connectivity index (χ3n) is 2.54. The van der Waals surface area contributed by atoms with E-state index in [2.05, 4.69) is 14.5 Å². The third kappa shape index (κ3) is 2.73. The summed E-state index contributed by atoms with van der Waals surface area (Å²) in [6.45, 7) is 0.253. The van der Waals surface area contributed by atoms with Gasteiger partial charge in [-0.05, 0) is 5.56 Å². The molecule has 1 aromatic rings. The molecule has 4 nitrogen and oxygen atoms in total. The van der Waals surface area contributed by atoms with Crippen LogP contribution >= 0.6 is 28.9 Å². The maximum atomic E-state index is 12.8. The van der Waals surface area contributed by atoms with Crippen LogP contribution < -0.4 is 0 Å². The normalized spacial score (nSPS) is 17.8. The van der Waals surface area contributed by atoms with Crippen LogP contribution in [0.4, 0.5) is 13.2 Å². The Morgan fingerprint density at radius 1 is 1.15 bits per heavy atom. The molecule has 20 heavy (non-hydrogen) atoms. The maximum Gasteiger partial charge on any atom is 0.452 e. The number of hydrogen-bond acceptors (Lipinski definition) is 5. The van der Waals surface area contributed by atoms with Gasteiger partial charge < -0.3 is 0 Å². The van der Waals surface area contributed by atoms with E-state index >= 15 is 0 Å². The summed E-state index contributed by atoms with van der Waals surface area (Å²) in [6.07, 6.45) is -4.53. The van der Waals surface area contributed by atoms with Crippen LogP contribution in [-0.4, -0.2) is 34.4 Å². The molecular weight excluding hydrogens is 357 g/mol. The van der Waals surface area contributed by atoms with Gasteiger partial charge in [0.05, 0.1) is 24.2 Å². The molecule has 0 spiro atoms. The Morgan fingerprint density at radius 2 is 1.85 bits per heavy atom. The van der Waals surface area contributed by atoms with Crippen molar-refractivity contribution in [2.45, 2.75) is 6.18 Å². The predicted octanol–water partition coefficient (Wildman–Crippen LogP) is 3.26. The van der Waals surface area contributed by atoms with Crippen molar-refractivity contribution >= 4 is 45.6 Å². The van der Waals surface area contributed by atoms with E-state index in [0.717, 1.165) is 10.6 Å². The number of benzene rings is 1. The molecule has 106 valence electrons. The van der Waals surface area contributed by atoms with Gasteiger partial charge >= 0.3 is 6.18 Å². The first kappa shape index (κ1) is 15.0. The highest BCUT2D eigenvalue weighted by Gasteiger charge is 2.46. The molecule has 2 aliphatic rings. The van der Waals surface area contributed by atoms with Gasteiger partial charge in [0.15, 0.2) is 0 Å². The van der Waals surface area contributed by atoms with Crippen LogP contribution in [0.1, 0.15) is 5.56 Å². The highest BCUT2D eigenvalue weighted by Crippen LogP contribution is 2.32. The molecule has 0 N–H and O–H groups in total. The Hall–Kier alpha value is -1.35. The fourth-order valence-electron chi connectivity index (χ4n) is 1.68. The fraction of sp³-hybridized carbons (Fsp3) is 0.182. The van der Waals surface area contributed by atoms with Crippen LogP contribution in [-0.2, 0) is 0 Å². The van der Waals surface area contributed by atoms with Crippen molar-refractivity contribution < 1.29 is 13.2 Å². The van der Waals surface area contributed by atoms with E-state index in [1.165, 1.54) is 0 Å². The summed E-state index contributed by atoms with van der Waals surface area (Å²) in [6, 6.07) is 9.00. The Kier molecular flexibility index (Phi) is 4.19. The zero-order valence-electron chi connectivity index (χ0n) is 9.83. The molecule has 9 heteroatoms. The van der Waals surface area contributed by atoms with Crippen molar-refractivity contribution in [3.8, 4) is 0 Å². The number of alkyl halides is 3. The number of fused-ring (bicyclic) bond motifs is 1. The van der Waals surface area contributed by atoms with Crippen LogP contribution in [0.25, 0.3) is 0 Å². The van der Waals surface area contributed by atoms with Gasteiger partial charge in [0.1, 0.15) is 0 Å². The molecule has 2 aliphatic heterocycles. The average Bonchev–Trinajstić information content (AvgIpc) is 2.82. The van der Waals surface area contributed by atoms with Crippen molar-refractivity contribution in [2.75, 3.05) is 6.54 Å². The van der Waals surface area contributed by atoms with Gasteiger partial charge in [0.2, 0.25) is 11.0 Å². The second kappa shape index (κ2) is 5.57. The van der Waals surface area contributed by atoms with Crippen LogP contribution in [0.15, 0.2) is 44.8 Å². The molecule has 0 fully saturated rings. The lowest BCUT2D eigenvalue weighted by Crippen LogP contribution is -2.39. The van der Waals surface area contributed by atoms with E-state index in [9.17, 15) is 13.2 Å². The topological polar surface area (TPSA) is 40.3 Å². The van der Waals surface area contributed by atoms with Crippen LogP contribution in [0, 0.1) is 0 Å². The largest absolute Gasteiger partial charge is 0.452 e. The van der Waals surface area contributed by atoms with Crippen LogP contribution in [0.3, 0.4) is 0 Å². The first-order chi connectivity index (χ1) is 9.05. The molecule has 0 saturated heterocycles. The van der Waals surface area contributed by atoms with E-state index in [1.807, 2.05) is 6.07 Å². The first-order valence-corrected chi connectivity index (χ1v) is 6.13. The van der Waals surface area contributed by atoms with E-state index in [4.69, 9.17) is 0 Å². The first-order valence-electron chi connectivity index (χ1n) is 5.35. The fourth-order valence-corrected chi connectivity index (χ4v) is 2.36. The highest BCUT2D eigenvalue weighted by atomic mass is 79.9. The summed E-state index contributed by atoms with van der Waals surface area (Å²) in [7, 11) is 0. The number of hydrogen-bond donors (Lipinski definition) is 0. The number of hydrazone groups is 1. The van der Waals surface area contributed by atoms with Gasteiger partial charge in [-0.15, -0.1) is 17.0 Å². The number of rotatable bonds is 1. The Balaban J connectivity index is 0.00000147. The highest BCUT2D eigenvalue weighted by molar-refractivity contribution is 8.93. The zero-order valence-corrected chi connectivity index (χ0v) is 12.4. The number of halogens is 4. The smallest absolute Gasteiger partial charge is 0.253 e. The molecule has 0 saturated carbocycles. The lowest BCUT2D eigenvalue weighted by molar-refractivity contribution is -0.0654. The minimum absolute atomic E-state index is 0. The maximum absolute atomic E-state index is 12.8. The molecule has 0 bridgehead atoms. The lowest BCUT2D eigenvalue weighted by Gasteiger charge is -2.21. The molecule has 1 aromatic carbocycles. The molecule has 0 unspecified atom stereocenters. The monoisotopic (exact) mass is 364 g/mol. The van der Waals surface area contributed by atoms with Gasteiger partial charge in [-0.1, -0.05) is 30.3 Å². The van der Waals surface area contributed by atoms with Gasteiger partial charge in [-0.25, -0.2) is 0 Å². The molecule has 0 aromatic heterocycles. The average molecular weight is 365 g/mol. The summed E-state index contributed by atoms with van der Waals surface area (Å²) < 4.78 is 41.6. The Labute approximate surface area is 127 Å². The van der Waals surface area contributed by atoms with Crippen molar-refractivity contribution in [1.29, 1.82) is 0 Å². The second-order valence-electron chi connectivity index (χ2n) is 3.83. The minimum Gasteiger partial charge on any atom is -0.253 e. The molecule has 0 amide bonds. The van der Waals surface area contributed by atoms with Gasteiger partial charge in [-0.2, -0.15) is 27.7 Å². The number of nitrogens with zero attached hydrogens (tertiary/aromatic N) is 4. The SMILES string of the molecule is Br.FC(F)(F)C1=NSC2=NCC(c3ccccc3)=NN21. The third-order valence-corrected chi connectivity index (χ3v) is 3.27. The summed E-state index contributed by atoms with van der Waals surface area (Å²) in [5.41, 5.74) is 1.24. The quantitative estimate of drug-likeness (QED) is 0.717. The predicted molar refractivity (Wildman–Crippen MR) is 78.5 cm³/mol. The summed E-state index contributed by atoms with van der Waals surface area (Å²) in [5, 5.41) is 4.93. The molecular formula is C11H8BrF3N4S. The summed E-state index contributed by atoms with van der Waals surface area (Å²) in [5.74, 6) is -1.04. The number of aliphatic imine (C=N–C) groups is 1. The molecule has 0 aliphatic carbocycles. The second-order valence-corrected chi connectivity index (χ2v) is 4.56. The molecule has 0 radical (unpaired) electrons. The Bertz CT molecular complexity index is 597. The van der Waals surface area contributed by atoms with Crippen molar-refractivity contribution in [3.63, 3.8) is 0 Å². The summed E-state index contributed by atoms with van der Waals surface area (Å²) in [4.78, 5) is 4.07. The Morgan fingerprint density at radius 3 is 2.50 bits per heavy atom. The minimum atomic E-state index is -4.53. The molecule has 0 atom stereocenters. The zero-order chi connectivity index (χ0) is 13.5. The van der Waals surface area contributed by atoms with Gasteiger partial charge in [-0.3, -0.25) is 4.99 Å². The van der Waals surface area contributed by atoms with E-state index in [1.54, 1.807) is 24.3 Å². The van der Waals surface area contributed by atoms with E-state index < -0.39 is 12.0 Å². The van der Waals surface area contributed by atoms with E-state index in [0.29, 0.717) is 17.7 Å². The number of amidine groups is 2. The standard InChI is InChI=1S/C11H7F3N4S.BrH/c12-11(13,14)9-17-19-10-15-6-8(16-18(9)10)7-4-2-1-3-5-7;/h1-5H,6H2;1H. The van der Waals surface area contributed by atoms with Crippen molar-refractivity contribution in [1.82, 2.24) is 5.01 Å². The van der Waals surface area contributed by atoms with Crippen molar-refractivity contribution in [3.05, 3.63) is 35.9 Å². The van der Waals surface area contributed by atoms with Crippen molar-refractivity contribution in [2.24, 2.45) is 14.5 Å². The van der Waals surface area contributed by atoms with E-state index in [-0.39, 0.29) is 28.7 Å². The molecule has 3 rings (SSSR count). The van der Waals surface area contributed by atoms with Crippen LogP contribution in [0.2, 0.25) is 0 Å². The van der Waals surface area contributed by atoms with Crippen LogP contribution in [0.5, 0.6) is 0 Å².